The molecule has 0 atom stereocenters. The molecule has 0 spiro atoms. The third-order valence-electron chi connectivity index (χ3n) is 5.13. The minimum Gasteiger partial charge on any atom is -0.331 e. The first kappa shape index (κ1) is 16.2. The van der Waals surface area contributed by atoms with E-state index in [4.69, 9.17) is 0 Å². The molecule has 1 amide bonds. The van der Waals surface area contributed by atoms with Gasteiger partial charge >= 0.3 is 0 Å². The Bertz CT molecular complexity index is 525. The van der Waals surface area contributed by atoms with Gasteiger partial charge < -0.3 is 4.90 Å². The summed E-state index contributed by atoms with van der Waals surface area (Å²) in [4.78, 5) is 13.7. The van der Waals surface area contributed by atoms with Crippen molar-refractivity contribution in [1.29, 1.82) is 0 Å². The highest BCUT2D eigenvalue weighted by Gasteiger charge is 2.22. The molecule has 4 nitrogen and oxygen atoms in total. The Labute approximate surface area is 139 Å². The SMILES string of the molecule is O=C(NN=C1CC[NH+](Cc2ccccc2)CC1)C1CCCCC1. The van der Waals surface area contributed by atoms with Crippen LogP contribution in [-0.2, 0) is 11.3 Å². The summed E-state index contributed by atoms with van der Waals surface area (Å²) in [5.74, 6) is 0.327. The van der Waals surface area contributed by atoms with Gasteiger partial charge in [-0.05, 0) is 12.8 Å². The Hall–Kier alpha value is -1.68. The molecule has 3 rings (SSSR count). The monoisotopic (exact) mass is 314 g/mol. The molecule has 1 aliphatic carbocycles. The number of carbonyl (C=O) groups excluding carboxylic acids is 1. The summed E-state index contributed by atoms with van der Waals surface area (Å²) in [7, 11) is 0. The van der Waals surface area contributed by atoms with Crippen molar-refractivity contribution in [2.75, 3.05) is 13.1 Å². The Morgan fingerprint density at radius 2 is 1.78 bits per heavy atom. The van der Waals surface area contributed by atoms with Crippen molar-refractivity contribution >= 4 is 11.6 Å². The number of piperidine rings is 1. The lowest BCUT2D eigenvalue weighted by atomic mass is 9.89. The lowest BCUT2D eigenvalue weighted by Gasteiger charge is -2.25. The van der Waals surface area contributed by atoms with Crippen molar-refractivity contribution in [1.82, 2.24) is 5.43 Å². The van der Waals surface area contributed by atoms with Crippen molar-refractivity contribution in [3.8, 4) is 0 Å². The predicted molar refractivity (Wildman–Crippen MR) is 92.2 cm³/mol. The van der Waals surface area contributed by atoms with E-state index in [1.165, 1.54) is 24.8 Å². The average Bonchev–Trinajstić information content (AvgIpc) is 2.62. The maximum absolute atomic E-state index is 12.1. The minimum absolute atomic E-state index is 0.135. The minimum atomic E-state index is 0.135. The van der Waals surface area contributed by atoms with E-state index in [1.54, 1.807) is 4.90 Å². The van der Waals surface area contributed by atoms with Crippen LogP contribution >= 0.6 is 0 Å². The highest BCUT2D eigenvalue weighted by atomic mass is 16.2. The Balaban J connectivity index is 1.42. The molecular weight excluding hydrogens is 286 g/mol. The number of carbonyl (C=O) groups is 1. The first-order chi connectivity index (χ1) is 11.3. The van der Waals surface area contributed by atoms with Gasteiger partial charge in [0.25, 0.3) is 0 Å². The lowest BCUT2D eigenvalue weighted by molar-refractivity contribution is -0.914. The van der Waals surface area contributed by atoms with Gasteiger partial charge in [-0.3, -0.25) is 4.79 Å². The van der Waals surface area contributed by atoms with Crippen LogP contribution in [0.2, 0.25) is 0 Å². The maximum atomic E-state index is 12.1. The summed E-state index contributed by atoms with van der Waals surface area (Å²) in [6.45, 7) is 3.29. The quantitative estimate of drug-likeness (QED) is 0.820. The Morgan fingerprint density at radius 1 is 1.09 bits per heavy atom. The Morgan fingerprint density at radius 3 is 2.48 bits per heavy atom. The fraction of sp³-hybridized carbons (Fsp3) is 0.579. The van der Waals surface area contributed by atoms with Crippen LogP contribution in [0, 0.1) is 5.92 Å². The number of nitrogens with one attached hydrogen (secondary N) is 2. The number of nitrogens with zero attached hydrogens (tertiary/aromatic N) is 1. The Kier molecular flexibility index (Phi) is 5.81. The maximum Gasteiger partial charge on any atom is 0.243 e. The molecule has 1 heterocycles. The number of rotatable bonds is 4. The van der Waals surface area contributed by atoms with Gasteiger partial charge in [0.05, 0.1) is 13.1 Å². The largest absolute Gasteiger partial charge is 0.331 e. The van der Waals surface area contributed by atoms with E-state index in [0.717, 1.165) is 51.0 Å². The van der Waals surface area contributed by atoms with Crippen LogP contribution in [0.1, 0.15) is 50.5 Å². The van der Waals surface area contributed by atoms with Crippen LogP contribution in [-0.4, -0.2) is 24.7 Å². The molecule has 0 aromatic heterocycles. The van der Waals surface area contributed by atoms with Crippen molar-refractivity contribution in [2.24, 2.45) is 11.0 Å². The van der Waals surface area contributed by atoms with E-state index >= 15 is 0 Å². The van der Waals surface area contributed by atoms with Gasteiger partial charge in [-0.15, -0.1) is 0 Å². The highest BCUT2D eigenvalue weighted by Crippen LogP contribution is 2.23. The molecule has 1 saturated heterocycles. The van der Waals surface area contributed by atoms with Crippen LogP contribution in [0.15, 0.2) is 35.4 Å². The van der Waals surface area contributed by atoms with Crippen molar-refractivity contribution in [3.63, 3.8) is 0 Å². The second kappa shape index (κ2) is 8.25. The topological polar surface area (TPSA) is 45.9 Å². The molecule has 1 aromatic rings. The lowest BCUT2D eigenvalue weighted by Crippen LogP contribution is -3.11. The van der Waals surface area contributed by atoms with Crippen molar-refractivity contribution in [3.05, 3.63) is 35.9 Å². The van der Waals surface area contributed by atoms with Crippen LogP contribution in [0.5, 0.6) is 0 Å². The van der Waals surface area contributed by atoms with Gasteiger partial charge in [-0.1, -0.05) is 49.6 Å². The zero-order valence-electron chi connectivity index (χ0n) is 13.9. The van der Waals surface area contributed by atoms with Gasteiger partial charge in [-0.2, -0.15) is 5.10 Å². The van der Waals surface area contributed by atoms with Gasteiger partial charge in [0.15, 0.2) is 0 Å². The smallest absolute Gasteiger partial charge is 0.243 e. The van der Waals surface area contributed by atoms with Crippen LogP contribution in [0.3, 0.4) is 0 Å². The van der Waals surface area contributed by atoms with Gasteiger partial charge in [0, 0.05) is 30.0 Å². The number of hydrazone groups is 1. The molecule has 4 heteroatoms. The third-order valence-corrected chi connectivity index (χ3v) is 5.13. The van der Waals surface area contributed by atoms with Crippen LogP contribution < -0.4 is 10.3 Å². The first-order valence-electron chi connectivity index (χ1n) is 9.04. The second-order valence-corrected chi connectivity index (χ2v) is 6.90. The van der Waals surface area contributed by atoms with E-state index in [0.29, 0.717) is 0 Å². The fourth-order valence-corrected chi connectivity index (χ4v) is 3.66. The van der Waals surface area contributed by atoms with E-state index < -0.39 is 0 Å². The molecule has 1 aromatic carbocycles. The van der Waals surface area contributed by atoms with E-state index in [2.05, 4.69) is 40.9 Å². The summed E-state index contributed by atoms with van der Waals surface area (Å²) in [6.07, 6.45) is 7.70. The molecule has 23 heavy (non-hydrogen) atoms. The summed E-state index contributed by atoms with van der Waals surface area (Å²) in [6, 6.07) is 10.7. The van der Waals surface area contributed by atoms with E-state index in [-0.39, 0.29) is 11.8 Å². The highest BCUT2D eigenvalue weighted by molar-refractivity contribution is 5.87. The third kappa shape index (κ3) is 4.90. The standard InChI is InChI=1S/C19H27N3O/c23-19(17-9-5-2-6-10-17)21-20-18-11-13-22(14-12-18)15-16-7-3-1-4-8-16/h1,3-4,7-8,17H,2,5-6,9-15H2,(H,21,23)/p+1. The fourth-order valence-electron chi connectivity index (χ4n) is 3.66. The second-order valence-electron chi connectivity index (χ2n) is 6.90. The van der Waals surface area contributed by atoms with Crippen LogP contribution in [0.25, 0.3) is 0 Å². The number of likely N-dealkylation sites (tertiary alicyclic amines) is 1. The first-order valence-corrected chi connectivity index (χ1v) is 9.04. The molecule has 2 N–H and O–H groups in total. The summed E-state index contributed by atoms with van der Waals surface area (Å²) in [5, 5.41) is 4.40. The van der Waals surface area contributed by atoms with Crippen LogP contribution in [0.4, 0.5) is 0 Å². The molecular formula is C19H28N3O+. The normalized spacial score (nSPS) is 22.6. The van der Waals surface area contributed by atoms with Gasteiger partial charge in [0.1, 0.15) is 6.54 Å². The van der Waals surface area contributed by atoms with Gasteiger partial charge in [0.2, 0.25) is 5.91 Å². The predicted octanol–water partition coefficient (Wildman–Crippen LogP) is 1.92. The number of quaternary nitrogens is 1. The molecule has 0 bridgehead atoms. The number of hydrogen-bond donors (Lipinski definition) is 2. The van der Waals surface area contributed by atoms with Crippen molar-refractivity contribution < 1.29 is 9.69 Å². The zero-order chi connectivity index (χ0) is 15.9. The molecule has 1 saturated carbocycles. The van der Waals surface area contributed by atoms with E-state index in [1.807, 2.05) is 0 Å². The van der Waals surface area contributed by atoms with Gasteiger partial charge in [-0.25, -0.2) is 5.43 Å². The molecule has 0 radical (unpaired) electrons. The molecule has 124 valence electrons. The molecule has 2 aliphatic rings. The van der Waals surface area contributed by atoms with E-state index in [9.17, 15) is 4.79 Å². The average molecular weight is 314 g/mol. The zero-order valence-corrected chi connectivity index (χ0v) is 13.9. The number of benzene rings is 1. The summed E-state index contributed by atoms with van der Waals surface area (Å²) in [5.41, 5.74) is 5.38. The summed E-state index contributed by atoms with van der Waals surface area (Å²) >= 11 is 0. The number of hydrogen-bond acceptors (Lipinski definition) is 2. The molecule has 2 fully saturated rings. The molecule has 0 unspecified atom stereocenters. The summed E-state index contributed by atoms with van der Waals surface area (Å²) < 4.78 is 0. The molecule has 1 aliphatic heterocycles. The number of amides is 1. The van der Waals surface area contributed by atoms with Crippen molar-refractivity contribution in [2.45, 2.75) is 51.5 Å².